The van der Waals surface area contributed by atoms with Crippen molar-refractivity contribution in [2.24, 2.45) is 0 Å². The molecule has 0 bridgehead atoms. The lowest BCUT2D eigenvalue weighted by atomic mass is 9.97. The quantitative estimate of drug-likeness (QED) is 0.666. The Morgan fingerprint density at radius 2 is 1.83 bits per heavy atom. The molecule has 0 aliphatic rings. The van der Waals surface area contributed by atoms with Crippen LogP contribution in [0.5, 0.6) is 0 Å². The Balaban J connectivity index is 1.99. The molecule has 0 fully saturated rings. The van der Waals surface area contributed by atoms with Crippen molar-refractivity contribution >= 4 is 0 Å². The van der Waals surface area contributed by atoms with E-state index in [0.717, 1.165) is 29.9 Å². The smallest absolute Gasteiger partial charge is 0.0959 e. The van der Waals surface area contributed by atoms with Crippen LogP contribution in [0.1, 0.15) is 49.7 Å². The third-order valence-corrected chi connectivity index (χ3v) is 4.28. The van der Waals surface area contributed by atoms with Crippen molar-refractivity contribution in [1.29, 1.82) is 0 Å². The number of aryl methyl sites for hydroxylation is 1. The Kier molecular flexibility index (Phi) is 5.04. The minimum Gasteiger partial charge on any atom is -0.328 e. The first-order chi connectivity index (χ1) is 11.7. The average molecular weight is 320 g/mol. The van der Waals surface area contributed by atoms with E-state index in [1.165, 1.54) is 11.3 Å². The first-order valence-corrected chi connectivity index (χ1v) is 8.57. The molecule has 3 rings (SSSR count). The summed E-state index contributed by atoms with van der Waals surface area (Å²) in [6.07, 6.45) is 7.91. The van der Waals surface area contributed by atoms with Crippen molar-refractivity contribution in [1.82, 2.24) is 19.5 Å². The minimum atomic E-state index is 0.450. The van der Waals surface area contributed by atoms with E-state index in [0.29, 0.717) is 12.5 Å². The van der Waals surface area contributed by atoms with Crippen LogP contribution in [0, 0.1) is 6.92 Å². The van der Waals surface area contributed by atoms with E-state index in [1.807, 2.05) is 31.7 Å². The standard InChI is InChI=1S/C20H24N4/c1-4-8-15(2)20-19(17-9-6-5-7-10-17)23-14-24(20)13-18-12-21-16(3)11-22-18/h5-7,9-12,14-15H,4,8,13H2,1-3H3/t15-/m1/s1. The van der Waals surface area contributed by atoms with Gasteiger partial charge in [-0.05, 0) is 19.3 Å². The highest BCUT2D eigenvalue weighted by Crippen LogP contribution is 2.31. The highest BCUT2D eigenvalue weighted by atomic mass is 15.1. The maximum Gasteiger partial charge on any atom is 0.0959 e. The largest absolute Gasteiger partial charge is 0.328 e. The van der Waals surface area contributed by atoms with Crippen LogP contribution in [0.25, 0.3) is 11.3 Å². The molecule has 24 heavy (non-hydrogen) atoms. The molecular formula is C20H24N4. The minimum absolute atomic E-state index is 0.450. The van der Waals surface area contributed by atoms with E-state index in [4.69, 9.17) is 4.98 Å². The predicted octanol–water partition coefficient (Wildman–Crippen LogP) is 4.60. The van der Waals surface area contributed by atoms with Gasteiger partial charge >= 0.3 is 0 Å². The second kappa shape index (κ2) is 7.39. The Morgan fingerprint density at radius 3 is 2.50 bits per heavy atom. The topological polar surface area (TPSA) is 43.6 Å². The molecule has 2 aromatic heterocycles. The van der Waals surface area contributed by atoms with Gasteiger partial charge in [0.05, 0.1) is 36.2 Å². The van der Waals surface area contributed by atoms with Crippen molar-refractivity contribution in [3.63, 3.8) is 0 Å². The maximum absolute atomic E-state index is 4.72. The van der Waals surface area contributed by atoms with E-state index in [9.17, 15) is 0 Å². The normalized spacial score (nSPS) is 12.3. The van der Waals surface area contributed by atoms with Gasteiger partial charge in [-0.3, -0.25) is 9.97 Å². The third kappa shape index (κ3) is 3.53. The molecule has 1 aromatic carbocycles. The fourth-order valence-electron chi connectivity index (χ4n) is 3.10. The highest BCUT2D eigenvalue weighted by molar-refractivity contribution is 5.62. The van der Waals surface area contributed by atoms with E-state index in [1.54, 1.807) is 0 Å². The number of nitrogens with zero attached hydrogens (tertiary/aromatic N) is 4. The van der Waals surface area contributed by atoms with Crippen molar-refractivity contribution in [3.05, 3.63) is 66.1 Å². The van der Waals surface area contributed by atoms with Gasteiger partial charge in [0, 0.05) is 17.5 Å². The molecule has 0 aliphatic heterocycles. The van der Waals surface area contributed by atoms with Gasteiger partial charge in [0.15, 0.2) is 0 Å². The van der Waals surface area contributed by atoms with Crippen LogP contribution in [0.2, 0.25) is 0 Å². The lowest BCUT2D eigenvalue weighted by molar-refractivity contribution is 0.601. The highest BCUT2D eigenvalue weighted by Gasteiger charge is 2.18. The van der Waals surface area contributed by atoms with Crippen molar-refractivity contribution < 1.29 is 0 Å². The van der Waals surface area contributed by atoms with Crippen LogP contribution in [0.3, 0.4) is 0 Å². The molecule has 0 spiro atoms. The molecular weight excluding hydrogens is 296 g/mol. The van der Waals surface area contributed by atoms with E-state index < -0.39 is 0 Å². The zero-order chi connectivity index (χ0) is 16.9. The van der Waals surface area contributed by atoms with Gasteiger partial charge in [0.2, 0.25) is 0 Å². The number of hydrogen-bond acceptors (Lipinski definition) is 3. The first-order valence-electron chi connectivity index (χ1n) is 8.57. The van der Waals surface area contributed by atoms with Crippen molar-refractivity contribution in [3.8, 4) is 11.3 Å². The Bertz CT molecular complexity index is 775. The molecule has 4 heteroatoms. The molecule has 0 aliphatic carbocycles. The van der Waals surface area contributed by atoms with Gasteiger partial charge in [0.25, 0.3) is 0 Å². The molecule has 1 atom stereocenters. The fourth-order valence-corrected chi connectivity index (χ4v) is 3.10. The monoisotopic (exact) mass is 320 g/mol. The molecule has 124 valence electrons. The summed E-state index contributed by atoms with van der Waals surface area (Å²) in [5.74, 6) is 0.450. The summed E-state index contributed by atoms with van der Waals surface area (Å²) in [6.45, 7) is 7.17. The average Bonchev–Trinajstić information content (AvgIpc) is 3.01. The second-order valence-corrected chi connectivity index (χ2v) is 6.31. The summed E-state index contributed by atoms with van der Waals surface area (Å²) in [7, 11) is 0. The number of benzene rings is 1. The van der Waals surface area contributed by atoms with Crippen LogP contribution in [0.15, 0.2) is 49.1 Å². The lowest BCUT2D eigenvalue weighted by Crippen LogP contribution is -2.09. The van der Waals surface area contributed by atoms with Crippen LogP contribution < -0.4 is 0 Å². The van der Waals surface area contributed by atoms with Crippen molar-refractivity contribution in [2.45, 2.75) is 46.1 Å². The fraction of sp³-hybridized carbons (Fsp3) is 0.350. The second-order valence-electron chi connectivity index (χ2n) is 6.31. The van der Waals surface area contributed by atoms with Gasteiger partial charge in [-0.2, -0.15) is 0 Å². The maximum atomic E-state index is 4.72. The zero-order valence-corrected chi connectivity index (χ0v) is 14.6. The van der Waals surface area contributed by atoms with E-state index in [2.05, 4.69) is 52.6 Å². The Morgan fingerprint density at radius 1 is 1.04 bits per heavy atom. The molecule has 0 saturated carbocycles. The summed E-state index contributed by atoms with van der Waals surface area (Å²) >= 11 is 0. The third-order valence-electron chi connectivity index (χ3n) is 4.28. The SMILES string of the molecule is CCC[C@@H](C)c1c(-c2ccccc2)ncn1Cc1cnc(C)cn1. The molecule has 0 unspecified atom stereocenters. The molecule has 0 radical (unpaired) electrons. The first kappa shape index (κ1) is 16.4. The van der Waals surface area contributed by atoms with Crippen LogP contribution in [0.4, 0.5) is 0 Å². The van der Waals surface area contributed by atoms with Gasteiger partial charge in [0.1, 0.15) is 0 Å². The predicted molar refractivity (Wildman–Crippen MR) is 96.9 cm³/mol. The zero-order valence-electron chi connectivity index (χ0n) is 14.6. The van der Waals surface area contributed by atoms with Crippen molar-refractivity contribution in [2.75, 3.05) is 0 Å². The Hall–Kier alpha value is -2.49. The molecule has 4 nitrogen and oxygen atoms in total. The summed E-state index contributed by atoms with van der Waals surface area (Å²) in [4.78, 5) is 13.6. The number of aromatic nitrogens is 4. The van der Waals surface area contributed by atoms with E-state index in [-0.39, 0.29) is 0 Å². The van der Waals surface area contributed by atoms with Gasteiger partial charge in [-0.1, -0.05) is 50.6 Å². The van der Waals surface area contributed by atoms with Gasteiger partial charge < -0.3 is 4.57 Å². The van der Waals surface area contributed by atoms with Gasteiger partial charge in [-0.15, -0.1) is 0 Å². The Labute approximate surface area is 143 Å². The molecule has 2 heterocycles. The summed E-state index contributed by atoms with van der Waals surface area (Å²) < 4.78 is 2.22. The number of hydrogen-bond donors (Lipinski definition) is 0. The van der Waals surface area contributed by atoms with E-state index >= 15 is 0 Å². The van der Waals surface area contributed by atoms with Gasteiger partial charge in [-0.25, -0.2) is 4.98 Å². The summed E-state index contributed by atoms with van der Waals surface area (Å²) in [6, 6.07) is 10.4. The number of rotatable bonds is 6. The molecule has 3 aromatic rings. The molecule has 0 N–H and O–H groups in total. The summed E-state index contributed by atoms with van der Waals surface area (Å²) in [5.41, 5.74) is 5.43. The molecule has 0 amide bonds. The molecule has 0 saturated heterocycles. The lowest BCUT2D eigenvalue weighted by Gasteiger charge is -2.16. The van der Waals surface area contributed by atoms with Crippen LogP contribution in [-0.4, -0.2) is 19.5 Å². The van der Waals surface area contributed by atoms with Crippen LogP contribution in [-0.2, 0) is 6.54 Å². The summed E-state index contributed by atoms with van der Waals surface area (Å²) in [5, 5.41) is 0. The van der Waals surface area contributed by atoms with Crippen LogP contribution >= 0.6 is 0 Å². The number of imidazole rings is 1.